The molecule has 1 unspecified atom stereocenters. The molecule has 0 fully saturated rings. The van der Waals surface area contributed by atoms with Gasteiger partial charge in [-0.05, 0) is 40.8 Å². The van der Waals surface area contributed by atoms with Crippen LogP contribution in [-0.2, 0) is 11.2 Å². The number of alkyl halides is 3. The molecule has 0 radical (unpaired) electrons. The number of halogens is 3. The molecule has 3 nitrogen and oxygen atoms in total. The largest absolute Gasteiger partial charge is 0.478 e. The van der Waals surface area contributed by atoms with Crippen LogP contribution in [0, 0.1) is 0 Å². The minimum absolute atomic E-state index is 0.0943. The quantitative estimate of drug-likeness (QED) is 0.766. The van der Waals surface area contributed by atoms with Gasteiger partial charge in [0.15, 0.2) is 0 Å². The Hall–Kier alpha value is -2.50. The van der Waals surface area contributed by atoms with Crippen LogP contribution in [0.15, 0.2) is 42.5 Å². The molecular formula is C18H15F3O3. The molecule has 0 saturated carbocycles. The smallest absolute Gasteiger partial charge is 0.439 e. The third-order valence-corrected chi connectivity index (χ3v) is 4.36. The van der Waals surface area contributed by atoms with Crippen LogP contribution in [0.3, 0.4) is 0 Å². The van der Waals surface area contributed by atoms with Crippen LogP contribution in [0.5, 0.6) is 5.75 Å². The van der Waals surface area contributed by atoms with E-state index in [-0.39, 0.29) is 5.75 Å². The molecule has 2 aromatic carbocycles. The number of fused-ring (bicyclic) bond motifs is 3. The van der Waals surface area contributed by atoms with E-state index in [4.69, 9.17) is 9.84 Å². The van der Waals surface area contributed by atoms with Gasteiger partial charge >= 0.3 is 12.1 Å². The summed E-state index contributed by atoms with van der Waals surface area (Å²) in [6.45, 7) is 1.14. The predicted molar refractivity (Wildman–Crippen MR) is 82.0 cm³/mol. The van der Waals surface area contributed by atoms with Gasteiger partial charge in [0.1, 0.15) is 5.75 Å². The van der Waals surface area contributed by atoms with Crippen LogP contribution in [-0.4, -0.2) is 22.9 Å². The number of rotatable bonds is 4. The maximum absolute atomic E-state index is 13.3. The lowest BCUT2D eigenvalue weighted by Crippen LogP contribution is -2.56. The fourth-order valence-corrected chi connectivity index (χ4v) is 3.03. The van der Waals surface area contributed by atoms with Crippen LogP contribution in [0.25, 0.3) is 11.1 Å². The van der Waals surface area contributed by atoms with Gasteiger partial charge in [-0.3, -0.25) is 0 Å². The number of benzene rings is 2. The minimum Gasteiger partial charge on any atom is -0.478 e. The first-order chi connectivity index (χ1) is 11.3. The van der Waals surface area contributed by atoms with Crippen molar-refractivity contribution in [1.82, 2.24) is 0 Å². The molecule has 3 rings (SSSR count). The summed E-state index contributed by atoms with van der Waals surface area (Å²) in [6.07, 6.45) is -5.15. The molecule has 0 heterocycles. The molecule has 24 heavy (non-hydrogen) atoms. The second-order valence-corrected chi connectivity index (χ2v) is 5.74. The molecule has 2 aromatic rings. The van der Waals surface area contributed by atoms with E-state index < -0.39 is 24.2 Å². The van der Waals surface area contributed by atoms with Crippen LogP contribution in [0.4, 0.5) is 13.2 Å². The fourth-order valence-electron chi connectivity index (χ4n) is 3.03. The number of hydrogen-bond donors (Lipinski definition) is 1. The van der Waals surface area contributed by atoms with Crippen LogP contribution < -0.4 is 4.74 Å². The lowest BCUT2D eigenvalue weighted by Gasteiger charge is -2.31. The highest BCUT2D eigenvalue weighted by molar-refractivity contribution is 5.80. The summed E-state index contributed by atoms with van der Waals surface area (Å²) >= 11 is 0. The number of aliphatic carboxylic acids is 1. The Labute approximate surface area is 136 Å². The molecular weight excluding hydrogens is 321 g/mol. The zero-order valence-corrected chi connectivity index (χ0v) is 12.9. The van der Waals surface area contributed by atoms with Gasteiger partial charge < -0.3 is 9.84 Å². The summed E-state index contributed by atoms with van der Waals surface area (Å²) in [6, 6.07) is 12.3. The molecule has 0 spiro atoms. The molecule has 1 atom stereocenters. The number of carbonyl (C=O) groups is 1. The van der Waals surface area contributed by atoms with Crippen molar-refractivity contribution in [3.63, 3.8) is 0 Å². The molecule has 0 aliphatic heterocycles. The summed E-state index contributed by atoms with van der Waals surface area (Å²) in [4.78, 5) is 11.3. The van der Waals surface area contributed by atoms with E-state index in [0.29, 0.717) is 6.42 Å². The third kappa shape index (κ3) is 2.42. The van der Waals surface area contributed by atoms with E-state index >= 15 is 0 Å². The predicted octanol–water partition coefficient (Wildman–Crippen LogP) is 4.43. The SMILES string of the molecule is CCC(Oc1ccc2c(c1)Cc1ccccc1-2)(C(=O)O)C(F)(F)F. The Morgan fingerprint density at radius 2 is 1.79 bits per heavy atom. The van der Waals surface area contributed by atoms with Crippen molar-refractivity contribution in [3.8, 4) is 16.9 Å². The van der Waals surface area contributed by atoms with Gasteiger partial charge in [-0.2, -0.15) is 13.2 Å². The normalized spacial score (nSPS) is 15.3. The molecule has 6 heteroatoms. The number of hydrogen-bond acceptors (Lipinski definition) is 2. The molecule has 0 bridgehead atoms. The van der Waals surface area contributed by atoms with E-state index in [1.807, 2.05) is 24.3 Å². The highest BCUT2D eigenvalue weighted by Gasteiger charge is 2.62. The molecule has 1 aliphatic rings. The summed E-state index contributed by atoms with van der Waals surface area (Å²) < 4.78 is 44.9. The molecule has 126 valence electrons. The lowest BCUT2D eigenvalue weighted by molar-refractivity contribution is -0.251. The van der Waals surface area contributed by atoms with Crippen molar-refractivity contribution in [1.29, 1.82) is 0 Å². The fraction of sp³-hybridized carbons (Fsp3) is 0.278. The first-order valence-electron chi connectivity index (χ1n) is 7.49. The van der Waals surface area contributed by atoms with Gasteiger partial charge in [0.25, 0.3) is 5.60 Å². The van der Waals surface area contributed by atoms with E-state index in [1.165, 1.54) is 12.1 Å². The standard InChI is InChI=1S/C18H15F3O3/c1-2-17(16(22)23,18(19,20)21)24-13-7-8-15-12(10-13)9-11-5-3-4-6-14(11)15/h3-8,10H,2,9H2,1H3,(H,22,23). The van der Waals surface area contributed by atoms with Gasteiger partial charge in [0.2, 0.25) is 0 Å². The van der Waals surface area contributed by atoms with Crippen molar-refractivity contribution in [2.24, 2.45) is 0 Å². The Morgan fingerprint density at radius 1 is 1.12 bits per heavy atom. The van der Waals surface area contributed by atoms with Crippen molar-refractivity contribution in [2.75, 3.05) is 0 Å². The van der Waals surface area contributed by atoms with E-state index in [0.717, 1.165) is 29.2 Å². The van der Waals surface area contributed by atoms with Gasteiger partial charge in [0, 0.05) is 6.42 Å². The number of carboxylic acid groups (broad SMARTS) is 1. The number of carboxylic acids is 1. The molecule has 0 aromatic heterocycles. The summed E-state index contributed by atoms with van der Waals surface area (Å²) in [5.41, 5.74) is 0.635. The highest BCUT2D eigenvalue weighted by Crippen LogP contribution is 2.41. The maximum Gasteiger partial charge on any atom is 0.439 e. The minimum atomic E-state index is -5.02. The monoisotopic (exact) mass is 336 g/mol. The van der Waals surface area contributed by atoms with Crippen LogP contribution in [0.1, 0.15) is 24.5 Å². The lowest BCUT2D eigenvalue weighted by atomic mass is 9.99. The van der Waals surface area contributed by atoms with Gasteiger partial charge in [-0.25, -0.2) is 4.79 Å². The maximum atomic E-state index is 13.3. The first-order valence-corrected chi connectivity index (χ1v) is 7.49. The summed E-state index contributed by atoms with van der Waals surface area (Å²) in [7, 11) is 0. The van der Waals surface area contributed by atoms with Gasteiger partial charge in [0.05, 0.1) is 0 Å². The summed E-state index contributed by atoms with van der Waals surface area (Å²) in [5.74, 6) is -2.13. The first kappa shape index (κ1) is 16.4. The zero-order valence-electron chi connectivity index (χ0n) is 12.9. The topological polar surface area (TPSA) is 46.5 Å². The highest BCUT2D eigenvalue weighted by atomic mass is 19.4. The van der Waals surface area contributed by atoms with Crippen molar-refractivity contribution >= 4 is 5.97 Å². The third-order valence-electron chi connectivity index (χ3n) is 4.36. The van der Waals surface area contributed by atoms with E-state index in [1.54, 1.807) is 6.07 Å². The van der Waals surface area contributed by atoms with Crippen LogP contribution >= 0.6 is 0 Å². The van der Waals surface area contributed by atoms with Crippen LogP contribution in [0.2, 0.25) is 0 Å². The van der Waals surface area contributed by atoms with E-state index in [2.05, 4.69) is 0 Å². The van der Waals surface area contributed by atoms with Crippen molar-refractivity contribution in [2.45, 2.75) is 31.5 Å². The van der Waals surface area contributed by atoms with Gasteiger partial charge in [-0.1, -0.05) is 37.3 Å². The molecule has 0 amide bonds. The zero-order chi connectivity index (χ0) is 17.5. The number of ether oxygens (including phenoxy) is 1. The Bertz CT molecular complexity index is 798. The van der Waals surface area contributed by atoms with Gasteiger partial charge in [-0.15, -0.1) is 0 Å². The average molecular weight is 336 g/mol. The van der Waals surface area contributed by atoms with E-state index in [9.17, 15) is 18.0 Å². The molecule has 1 N–H and O–H groups in total. The second kappa shape index (κ2) is 5.54. The Morgan fingerprint density at radius 3 is 2.42 bits per heavy atom. The Balaban J connectivity index is 1.98. The molecule has 1 aliphatic carbocycles. The Kier molecular flexibility index (Phi) is 3.78. The second-order valence-electron chi connectivity index (χ2n) is 5.74. The average Bonchev–Trinajstić information content (AvgIpc) is 2.88. The molecule has 0 saturated heterocycles. The van der Waals surface area contributed by atoms with Crippen molar-refractivity contribution < 1.29 is 27.8 Å². The van der Waals surface area contributed by atoms with Crippen molar-refractivity contribution in [3.05, 3.63) is 53.6 Å². The summed E-state index contributed by atoms with van der Waals surface area (Å²) in [5, 5.41) is 9.11.